The Morgan fingerprint density at radius 2 is 1.21 bits per heavy atom. The van der Waals surface area contributed by atoms with Gasteiger partial charge in [0.1, 0.15) is 25.1 Å². The summed E-state index contributed by atoms with van der Waals surface area (Å²) in [4.78, 5) is 0.659. The molecule has 2 aromatic rings. The van der Waals surface area contributed by atoms with Crippen molar-refractivity contribution in [1.29, 1.82) is 0 Å². The van der Waals surface area contributed by atoms with E-state index in [-0.39, 0.29) is 0 Å². The van der Waals surface area contributed by atoms with Crippen molar-refractivity contribution in [2.45, 2.75) is 9.79 Å². The third kappa shape index (κ3) is 1.96. The van der Waals surface area contributed by atoms with E-state index in [0.29, 0.717) is 9.79 Å². The monoisotopic (exact) mass is 234 g/mol. The molecule has 6 heteroatoms. The number of rotatable bonds is 3. The zero-order valence-electron chi connectivity index (χ0n) is 6.70. The van der Waals surface area contributed by atoms with Gasteiger partial charge < -0.3 is 8.83 Å². The number of halogens is 2. The summed E-state index contributed by atoms with van der Waals surface area (Å²) in [5.74, 6) is -0.905. The van der Waals surface area contributed by atoms with Crippen molar-refractivity contribution in [2.75, 3.05) is 0 Å². The Labute approximate surface area is 86.1 Å². The lowest BCUT2D eigenvalue weighted by atomic mass is 10.6. The molecule has 0 amide bonds. The molecule has 0 bridgehead atoms. The van der Waals surface area contributed by atoms with Crippen LogP contribution >= 0.6 is 21.6 Å². The first kappa shape index (κ1) is 9.67. The molecule has 2 aromatic heterocycles. The highest BCUT2D eigenvalue weighted by Gasteiger charge is 2.10. The Kier molecular flexibility index (Phi) is 2.83. The van der Waals surface area contributed by atoms with Gasteiger partial charge in [0.25, 0.3) is 0 Å². The van der Waals surface area contributed by atoms with E-state index in [2.05, 4.69) is 8.83 Å². The minimum Gasteiger partial charge on any atom is -0.468 e. The third-order valence-electron chi connectivity index (χ3n) is 1.39. The van der Waals surface area contributed by atoms with Crippen LogP contribution in [-0.4, -0.2) is 0 Å². The van der Waals surface area contributed by atoms with Crippen LogP contribution < -0.4 is 0 Å². The summed E-state index contributed by atoms with van der Waals surface area (Å²) in [6.45, 7) is 0. The molecule has 2 nitrogen and oxygen atoms in total. The fourth-order valence-electron chi connectivity index (χ4n) is 0.749. The van der Waals surface area contributed by atoms with Gasteiger partial charge in [-0.2, -0.15) is 0 Å². The number of hydrogen-bond acceptors (Lipinski definition) is 4. The molecule has 0 aliphatic rings. The van der Waals surface area contributed by atoms with E-state index in [9.17, 15) is 8.78 Å². The molecule has 0 unspecified atom stereocenters. The first-order chi connectivity index (χ1) is 6.77. The van der Waals surface area contributed by atoms with E-state index in [1.165, 1.54) is 12.5 Å². The summed E-state index contributed by atoms with van der Waals surface area (Å²) in [5.41, 5.74) is 0. The van der Waals surface area contributed by atoms with Gasteiger partial charge in [0.15, 0.2) is 11.6 Å². The zero-order chi connectivity index (χ0) is 9.97. The lowest BCUT2D eigenvalue weighted by Gasteiger charge is -1.93. The lowest BCUT2D eigenvalue weighted by Crippen LogP contribution is -1.69. The molecule has 0 spiro atoms. The number of hydrogen-bond donors (Lipinski definition) is 0. The molecular formula is C8H4F2O2S2. The molecule has 0 saturated heterocycles. The van der Waals surface area contributed by atoms with Gasteiger partial charge in [-0.15, -0.1) is 0 Å². The summed E-state index contributed by atoms with van der Waals surface area (Å²) in [6.07, 6.45) is 4.53. The first-order valence-electron chi connectivity index (χ1n) is 3.55. The molecule has 0 aliphatic carbocycles. The summed E-state index contributed by atoms with van der Waals surface area (Å²) in [5, 5.41) is 0. The van der Waals surface area contributed by atoms with E-state index in [1.54, 1.807) is 0 Å². The standard InChI is InChI=1S/C8H4F2O2S2/c9-5-1-11-3-7(5)13-14-8-4-12-2-6(8)10/h1-4H. The fourth-order valence-corrected chi connectivity index (χ4v) is 2.63. The molecule has 14 heavy (non-hydrogen) atoms. The second-order valence-corrected chi connectivity index (χ2v) is 4.55. The van der Waals surface area contributed by atoms with Crippen molar-refractivity contribution in [3.8, 4) is 0 Å². The van der Waals surface area contributed by atoms with Crippen molar-refractivity contribution >= 4 is 21.6 Å². The van der Waals surface area contributed by atoms with Gasteiger partial charge in [-0.25, -0.2) is 8.78 Å². The molecule has 0 fully saturated rings. The minimum absolute atomic E-state index is 0.329. The normalized spacial score (nSPS) is 10.7. The van der Waals surface area contributed by atoms with Crippen molar-refractivity contribution < 1.29 is 17.6 Å². The average molecular weight is 234 g/mol. The Bertz CT molecular complexity index is 384. The van der Waals surface area contributed by atoms with Gasteiger partial charge >= 0.3 is 0 Å². The predicted octanol–water partition coefficient (Wildman–Crippen LogP) is 3.95. The van der Waals surface area contributed by atoms with Crippen LogP contribution in [0.2, 0.25) is 0 Å². The highest BCUT2D eigenvalue weighted by atomic mass is 33.1. The Morgan fingerprint density at radius 1 is 0.786 bits per heavy atom. The maximum atomic E-state index is 12.8. The molecule has 74 valence electrons. The topological polar surface area (TPSA) is 26.3 Å². The SMILES string of the molecule is Fc1cocc1SSc1cocc1F. The molecule has 0 aliphatic heterocycles. The van der Waals surface area contributed by atoms with Crippen LogP contribution in [0.25, 0.3) is 0 Å². The zero-order valence-corrected chi connectivity index (χ0v) is 8.33. The van der Waals surface area contributed by atoms with Crippen LogP contribution in [0.15, 0.2) is 43.7 Å². The summed E-state index contributed by atoms with van der Waals surface area (Å²) >= 11 is 0. The maximum Gasteiger partial charge on any atom is 0.175 e. The van der Waals surface area contributed by atoms with Crippen LogP contribution in [0.5, 0.6) is 0 Å². The third-order valence-corrected chi connectivity index (χ3v) is 3.74. The van der Waals surface area contributed by atoms with E-state index in [4.69, 9.17) is 0 Å². The Hall–Kier alpha value is -0.880. The van der Waals surface area contributed by atoms with E-state index >= 15 is 0 Å². The summed E-state index contributed by atoms with van der Waals surface area (Å²) < 4.78 is 34.9. The van der Waals surface area contributed by atoms with E-state index in [1.807, 2.05) is 0 Å². The van der Waals surface area contributed by atoms with Crippen LogP contribution in [0.4, 0.5) is 8.78 Å². The molecule has 0 atom stereocenters. The second kappa shape index (κ2) is 4.10. The van der Waals surface area contributed by atoms with Gasteiger partial charge in [-0.1, -0.05) is 0 Å². The van der Waals surface area contributed by atoms with Crippen molar-refractivity contribution in [2.24, 2.45) is 0 Å². The quantitative estimate of drug-likeness (QED) is 0.751. The molecule has 0 aromatic carbocycles. The van der Waals surface area contributed by atoms with Crippen LogP contribution in [0.1, 0.15) is 0 Å². The van der Waals surface area contributed by atoms with Gasteiger partial charge in [0, 0.05) is 0 Å². The van der Waals surface area contributed by atoms with Gasteiger partial charge in [-0.3, -0.25) is 0 Å². The molecule has 2 heterocycles. The molecular weight excluding hydrogens is 230 g/mol. The van der Waals surface area contributed by atoms with Crippen LogP contribution in [0.3, 0.4) is 0 Å². The van der Waals surface area contributed by atoms with E-state index < -0.39 is 11.6 Å². The largest absolute Gasteiger partial charge is 0.468 e. The molecule has 0 radical (unpaired) electrons. The summed E-state index contributed by atoms with van der Waals surface area (Å²) in [6, 6.07) is 0. The average Bonchev–Trinajstić information content (AvgIpc) is 2.72. The van der Waals surface area contributed by atoms with E-state index in [0.717, 1.165) is 34.1 Å². The number of furan rings is 2. The van der Waals surface area contributed by atoms with Crippen molar-refractivity contribution in [3.05, 3.63) is 36.7 Å². The Morgan fingerprint density at radius 3 is 1.50 bits per heavy atom. The maximum absolute atomic E-state index is 12.8. The van der Waals surface area contributed by atoms with Gasteiger partial charge in [-0.05, 0) is 21.6 Å². The smallest absolute Gasteiger partial charge is 0.175 e. The van der Waals surface area contributed by atoms with Crippen LogP contribution in [0, 0.1) is 11.6 Å². The Balaban J connectivity index is 2.02. The minimum atomic E-state index is -0.452. The first-order valence-corrected chi connectivity index (χ1v) is 5.70. The molecule has 0 saturated carbocycles. The molecule has 0 N–H and O–H groups in total. The van der Waals surface area contributed by atoms with Crippen molar-refractivity contribution in [1.82, 2.24) is 0 Å². The molecule has 2 rings (SSSR count). The lowest BCUT2D eigenvalue weighted by molar-refractivity contribution is 0.532. The summed E-state index contributed by atoms with van der Waals surface area (Å²) in [7, 11) is 2.15. The van der Waals surface area contributed by atoms with Gasteiger partial charge in [0.2, 0.25) is 0 Å². The van der Waals surface area contributed by atoms with Gasteiger partial charge in [0.05, 0.1) is 9.79 Å². The highest BCUT2D eigenvalue weighted by molar-refractivity contribution is 8.76. The highest BCUT2D eigenvalue weighted by Crippen LogP contribution is 2.40. The fraction of sp³-hybridized carbons (Fsp3) is 0. The van der Waals surface area contributed by atoms with Crippen molar-refractivity contribution in [3.63, 3.8) is 0 Å². The predicted molar refractivity (Wildman–Crippen MR) is 49.0 cm³/mol. The van der Waals surface area contributed by atoms with Crippen LogP contribution in [-0.2, 0) is 0 Å². The second-order valence-electron chi connectivity index (χ2n) is 2.33.